The summed E-state index contributed by atoms with van der Waals surface area (Å²) >= 11 is 0. The van der Waals surface area contributed by atoms with Crippen LogP contribution in [0.2, 0.25) is 0 Å². The van der Waals surface area contributed by atoms with Crippen LogP contribution in [0.4, 0.5) is 0 Å². The maximum Gasteiger partial charge on any atom is 0.323 e. The lowest BCUT2D eigenvalue weighted by molar-refractivity contribution is -0.144. The summed E-state index contributed by atoms with van der Waals surface area (Å²) in [5, 5.41) is 12.6. The minimum atomic E-state index is -0.768. The van der Waals surface area contributed by atoms with Crippen LogP contribution in [0.1, 0.15) is 65.7 Å². The Hall–Kier alpha value is -0.610. The molecule has 0 aromatic heterocycles. The highest BCUT2D eigenvalue weighted by Gasteiger charge is 2.37. The average Bonchev–Trinajstić information content (AvgIpc) is 3.12. The van der Waals surface area contributed by atoms with E-state index < -0.39 is 11.5 Å². The van der Waals surface area contributed by atoms with Crippen molar-refractivity contribution in [2.45, 2.75) is 83.4 Å². The Labute approximate surface area is 116 Å². The second kappa shape index (κ2) is 7.85. The van der Waals surface area contributed by atoms with Gasteiger partial charge in [-0.25, -0.2) is 0 Å². The Kier molecular flexibility index (Phi) is 6.80. The number of hydrogen-bond acceptors (Lipinski definition) is 3. The predicted molar refractivity (Wildman–Crippen MR) is 76.4 cm³/mol. The van der Waals surface area contributed by atoms with Crippen molar-refractivity contribution < 1.29 is 14.6 Å². The molecule has 2 N–H and O–H groups in total. The number of unbranched alkanes of at least 4 members (excludes halogenated alkanes) is 1. The van der Waals surface area contributed by atoms with Crippen molar-refractivity contribution in [2.75, 3.05) is 6.61 Å². The van der Waals surface area contributed by atoms with E-state index >= 15 is 0 Å². The third-order valence-corrected chi connectivity index (χ3v) is 3.74. The molecule has 19 heavy (non-hydrogen) atoms. The van der Waals surface area contributed by atoms with Crippen LogP contribution in [-0.4, -0.2) is 35.4 Å². The molecule has 112 valence electrons. The Balaban J connectivity index is 2.16. The third-order valence-electron chi connectivity index (χ3n) is 3.74. The van der Waals surface area contributed by atoms with Gasteiger partial charge in [0.05, 0.1) is 6.10 Å². The zero-order chi connectivity index (χ0) is 14.3. The maximum atomic E-state index is 11.3. The first-order valence-corrected chi connectivity index (χ1v) is 7.60. The van der Waals surface area contributed by atoms with Crippen molar-refractivity contribution in [3.8, 4) is 0 Å². The molecule has 1 aliphatic rings. The van der Waals surface area contributed by atoms with Gasteiger partial charge in [-0.1, -0.05) is 13.3 Å². The Morgan fingerprint density at radius 1 is 1.47 bits per heavy atom. The zero-order valence-corrected chi connectivity index (χ0v) is 12.6. The number of ether oxygens (including phenoxy) is 1. The lowest BCUT2D eigenvalue weighted by Gasteiger charge is -2.26. The smallest absolute Gasteiger partial charge is 0.323 e. The molecular formula is C15H29NO3. The molecule has 1 saturated carbocycles. The molecule has 0 spiro atoms. The van der Waals surface area contributed by atoms with E-state index in [0.717, 1.165) is 45.1 Å². The number of nitrogens with one attached hydrogen (secondary N) is 1. The van der Waals surface area contributed by atoms with Gasteiger partial charge in [0.15, 0.2) is 0 Å². The van der Waals surface area contributed by atoms with Crippen LogP contribution in [0, 0.1) is 0 Å². The van der Waals surface area contributed by atoms with E-state index in [1.165, 1.54) is 0 Å². The van der Waals surface area contributed by atoms with E-state index in [-0.39, 0.29) is 0 Å². The zero-order valence-electron chi connectivity index (χ0n) is 12.6. The van der Waals surface area contributed by atoms with Crippen molar-refractivity contribution in [1.29, 1.82) is 0 Å². The molecule has 1 fully saturated rings. The molecule has 4 heteroatoms. The summed E-state index contributed by atoms with van der Waals surface area (Å²) in [5.41, 5.74) is -0.768. The average molecular weight is 271 g/mol. The maximum absolute atomic E-state index is 11.3. The molecule has 0 aliphatic heterocycles. The number of carboxylic acid groups (broad SMARTS) is 1. The summed E-state index contributed by atoms with van der Waals surface area (Å²) in [6.07, 6.45) is 7.27. The number of aliphatic carboxylic acids is 1. The minimum Gasteiger partial charge on any atom is -0.480 e. The van der Waals surface area contributed by atoms with Gasteiger partial charge in [-0.05, 0) is 52.4 Å². The van der Waals surface area contributed by atoms with Crippen LogP contribution < -0.4 is 5.32 Å². The molecule has 4 nitrogen and oxygen atoms in total. The van der Waals surface area contributed by atoms with Crippen LogP contribution in [0.5, 0.6) is 0 Å². The summed E-state index contributed by atoms with van der Waals surface area (Å²) < 4.78 is 5.68. The van der Waals surface area contributed by atoms with Crippen molar-refractivity contribution in [1.82, 2.24) is 5.32 Å². The van der Waals surface area contributed by atoms with Gasteiger partial charge in [-0.15, -0.1) is 0 Å². The van der Waals surface area contributed by atoms with Gasteiger partial charge in [0.25, 0.3) is 0 Å². The van der Waals surface area contributed by atoms with Gasteiger partial charge in [0.1, 0.15) is 5.54 Å². The molecule has 2 atom stereocenters. The van der Waals surface area contributed by atoms with Crippen LogP contribution >= 0.6 is 0 Å². The second-order valence-electron chi connectivity index (χ2n) is 5.98. The first kappa shape index (κ1) is 16.4. The van der Waals surface area contributed by atoms with Crippen molar-refractivity contribution >= 4 is 5.97 Å². The SMILES string of the molecule is CCCC(C)OCCCCC(C)(NC1CC1)C(=O)O. The fourth-order valence-corrected chi connectivity index (χ4v) is 2.27. The van der Waals surface area contributed by atoms with E-state index in [2.05, 4.69) is 19.2 Å². The minimum absolute atomic E-state index is 0.320. The lowest BCUT2D eigenvalue weighted by Crippen LogP contribution is -2.50. The number of rotatable bonds is 11. The monoisotopic (exact) mass is 271 g/mol. The normalized spacial score (nSPS) is 19.9. The summed E-state index contributed by atoms with van der Waals surface area (Å²) in [7, 11) is 0. The molecule has 0 amide bonds. The lowest BCUT2D eigenvalue weighted by atomic mass is 9.95. The quantitative estimate of drug-likeness (QED) is 0.567. The Bertz CT molecular complexity index is 279. The van der Waals surface area contributed by atoms with Crippen LogP contribution in [0.25, 0.3) is 0 Å². The molecule has 0 radical (unpaired) electrons. The van der Waals surface area contributed by atoms with Crippen LogP contribution in [0.15, 0.2) is 0 Å². The first-order valence-electron chi connectivity index (χ1n) is 7.60. The highest BCUT2D eigenvalue weighted by atomic mass is 16.5. The fraction of sp³-hybridized carbons (Fsp3) is 0.933. The Morgan fingerprint density at radius 2 is 2.16 bits per heavy atom. The molecule has 0 saturated heterocycles. The predicted octanol–water partition coefficient (Wildman–Crippen LogP) is 2.96. The molecule has 0 aromatic carbocycles. The second-order valence-corrected chi connectivity index (χ2v) is 5.98. The number of carboxylic acids is 1. The van der Waals surface area contributed by atoms with Crippen molar-refractivity contribution in [3.63, 3.8) is 0 Å². The van der Waals surface area contributed by atoms with Crippen LogP contribution in [-0.2, 0) is 9.53 Å². The standard InChI is InChI=1S/C15H29NO3/c1-4-7-12(2)19-11-6-5-10-15(3,14(17)18)16-13-8-9-13/h12-13,16H,4-11H2,1-3H3,(H,17,18). The largest absolute Gasteiger partial charge is 0.480 e. The number of hydrogen-bond donors (Lipinski definition) is 2. The van der Waals surface area contributed by atoms with Crippen LogP contribution in [0.3, 0.4) is 0 Å². The van der Waals surface area contributed by atoms with Gasteiger partial charge in [-0.2, -0.15) is 0 Å². The highest BCUT2D eigenvalue weighted by molar-refractivity contribution is 5.78. The van der Waals surface area contributed by atoms with E-state index in [4.69, 9.17) is 4.74 Å². The Morgan fingerprint density at radius 3 is 2.68 bits per heavy atom. The van der Waals surface area contributed by atoms with E-state index in [1.54, 1.807) is 6.92 Å². The summed E-state index contributed by atoms with van der Waals surface area (Å²) in [6.45, 7) is 6.79. The van der Waals surface area contributed by atoms with Gasteiger partial charge < -0.3 is 9.84 Å². The molecule has 0 heterocycles. The van der Waals surface area contributed by atoms with Crippen molar-refractivity contribution in [3.05, 3.63) is 0 Å². The molecule has 0 bridgehead atoms. The van der Waals surface area contributed by atoms with E-state index in [9.17, 15) is 9.90 Å². The van der Waals surface area contributed by atoms with Crippen molar-refractivity contribution in [2.24, 2.45) is 0 Å². The molecule has 0 aromatic rings. The van der Waals surface area contributed by atoms with Gasteiger partial charge >= 0.3 is 5.97 Å². The van der Waals surface area contributed by atoms with Gasteiger partial charge in [0, 0.05) is 12.6 Å². The molecular weight excluding hydrogens is 242 g/mol. The number of carbonyl (C=O) groups is 1. The molecule has 1 rings (SSSR count). The molecule has 1 aliphatic carbocycles. The highest BCUT2D eigenvalue weighted by Crippen LogP contribution is 2.25. The van der Waals surface area contributed by atoms with Gasteiger partial charge in [0.2, 0.25) is 0 Å². The van der Waals surface area contributed by atoms with E-state index in [0.29, 0.717) is 18.6 Å². The molecule has 2 unspecified atom stereocenters. The topological polar surface area (TPSA) is 58.6 Å². The summed E-state index contributed by atoms with van der Waals surface area (Å²) in [5.74, 6) is -0.736. The first-order chi connectivity index (χ1) is 8.98. The summed E-state index contributed by atoms with van der Waals surface area (Å²) in [4.78, 5) is 11.3. The third kappa shape index (κ3) is 6.39. The summed E-state index contributed by atoms with van der Waals surface area (Å²) in [6, 6.07) is 0.418. The van der Waals surface area contributed by atoms with Gasteiger partial charge in [-0.3, -0.25) is 10.1 Å². The van der Waals surface area contributed by atoms with E-state index in [1.807, 2.05) is 0 Å². The fourth-order valence-electron chi connectivity index (χ4n) is 2.27.